The highest BCUT2D eigenvalue weighted by Gasteiger charge is 2.08. The minimum absolute atomic E-state index is 0.594. The predicted molar refractivity (Wildman–Crippen MR) is 130 cm³/mol. The largest absolute Gasteiger partial charge is 0.493 e. The van der Waals surface area contributed by atoms with Crippen LogP contribution >= 0.6 is 0 Å². The molecule has 170 valence electrons. The Morgan fingerprint density at radius 3 is 2.34 bits per heavy atom. The zero-order valence-corrected chi connectivity index (χ0v) is 19.6. The lowest BCUT2D eigenvalue weighted by atomic mass is 10.0. The summed E-state index contributed by atoms with van der Waals surface area (Å²) in [4.78, 5) is 0. The molecule has 4 heteroatoms. The molecule has 0 unspecified atom stereocenters. The Morgan fingerprint density at radius 2 is 1.56 bits per heavy atom. The third-order valence-electron chi connectivity index (χ3n) is 5.31. The van der Waals surface area contributed by atoms with Crippen LogP contribution in [0.15, 0.2) is 60.7 Å². The van der Waals surface area contributed by atoms with E-state index in [1.54, 1.807) is 14.2 Å². The second-order valence-corrected chi connectivity index (χ2v) is 7.89. The summed E-state index contributed by atoms with van der Waals surface area (Å²) in [5, 5.41) is 0. The third kappa shape index (κ3) is 6.51. The Bertz CT molecular complexity index is 996. The minimum atomic E-state index is 0.594. The summed E-state index contributed by atoms with van der Waals surface area (Å²) in [6.45, 7) is 6.25. The van der Waals surface area contributed by atoms with Gasteiger partial charge in [-0.05, 0) is 73.2 Å². The van der Waals surface area contributed by atoms with Gasteiger partial charge in [0.25, 0.3) is 0 Å². The van der Waals surface area contributed by atoms with E-state index in [0.29, 0.717) is 13.2 Å². The molecule has 0 aliphatic rings. The zero-order chi connectivity index (χ0) is 22.8. The minimum Gasteiger partial charge on any atom is -0.493 e. The highest BCUT2D eigenvalue weighted by atomic mass is 16.5. The Balaban J connectivity index is 1.55. The van der Waals surface area contributed by atoms with Crippen molar-refractivity contribution in [3.05, 3.63) is 77.4 Å². The fraction of sp³-hybridized carbons (Fsp3) is 0.357. The summed E-state index contributed by atoms with van der Waals surface area (Å²) in [5.74, 6) is 2.45. The van der Waals surface area contributed by atoms with Crippen LogP contribution in [-0.2, 0) is 17.8 Å². The first-order valence-corrected chi connectivity index (χ1v) is 11.3. The smallest absolute Gasteiger partial charge is 0.160 e. The van der Waals surface area contributed by atoms with Crippen molar-refractivity contribution in [2.45, 2.75) is 39.7 Å². The maximum absolute atomic E-state index is 5.97. The summed E-state index contributed by atoms with van der Waals surface area (Å²) < 4.78 is 22.6. The van der Waals surface area contributed by atoms with Gasteiger partial charge in [-0.25, -0.2) is 0 Å². The van der Waals surface area contributed by atoms with Crippen LogP contribution in [0.2, 0.25) is 0 Å². The highest BCUT2D eigenvalue weighted by molar-refractivity contribution is 5.71. The molecule has 0 heterocycles. The van der Waals surface area contributed by atoms with E-state index in [1.807, 2.05) is 12.1 Å². The summed E-state index contributed by atoms with van der Waals surface area (Å²) in [5.41, 5.74) is 5.89. The van der Waals surface area contributed by atoms with Gasteiger partial charge in [0.05, 0.1) is 27.4 Å². The van der Waals surface area contributed by atoms with E-state index in [2.05, 4.69) is 62.4 Å². The molecule has 0 spiro atoms. The summed E-state index contributed by atoms with van der Waals surface area (Å²) in [7, 11) is 3.31. The maximum Gasteiger partial charge on any atom is 0.160 e. The van der Waals surface area contributed by atoms with Crippen molar-refractivity contribution < 1.29 is 18.9 Å². The van der Waals surface area contributed by atoms with E-state index >= 15 is 0 Å². The predicted octanol–water partition coefficient (Wildman–Crippen LogP) is 6.62. The number of benzene rings is 3. The topological polar surface area (TPSA) is 36.9 Å². The van der Waals surface area contributed by atoms with Gasteiger partial charge in [-0.1, -0.05) is 42.8 Å². The van der Waals surface area contributed by atoms with E-state index in [4.69, 9.17) is 18.9 Å². The fourth-order valence-corrected chi connectivity index (χ4v) is 3.64. The molecule has 3 aromatic carbocycles. The zero-order valence-electron chi connectivity index (χ0n) is 19.6. The van der Waals surface area contributed by atoms with Crippen LogP contribution in [0.4, 0.5) is 0 Å². The van der Waals surface area contributed by atoms with Crippen LogP contribution < -0.4 is 14.2 Å². The second-order valence-electron chi connectivity index (χ2n) is 7.89. The van der Waals surface area contributed by atoms with Crippen LogP contribution in [-0.4, -0.2) is 27.4 Å². The lowest BCUT2D eigenvalue weighted by Crippen LogP contribution is -1.99. The molecule has 0 saturated carbocycles. The maximum atomic E-state index is 5.97. The van der Waals surface area contributed by atoms with E-state index in [0.717, 1.165) is 59.8 Å². The van der Waals surface area contributed by atoms with Gasteiger partial charge in [0, 0.05) is 12.2 Å². The second kappa shape index (κ2) is 12.2. The number of hydrogen-bond donors (Lipinski definition) is 0. The molecule has 0 saturated heterocycles. The van der Waals surface area contributed by atoms with Crippen LogP contribution in [0.5, 0.6) is 17.2 Å². The summed E-state index contributed by atoms with van der Waals surface area (Å²) in [6, 6.07) is 20.9. The van der Waals surface area contributed by atoms with Gasteiger partial charge in [-0.2, -0.15) is 0 Å². The molecule has 0 radical (unpaired) electrons. The van der Waals surface area contributed by atoms with E-state index in [1.165, 1.54) is 11.1 Å². The first-order chi connectivity index (χ1) is 15.6. The molecule has 0 fully saturated rings. The van der Waals surface area contributed by atoms with Gasteiger partial charge in [0.2, 0.25) is 0 Å². The third-order valence-corrected chi connectivity index (χ3v) is 5.31. The summed E-state index contributed by atoms with van der Waals surface area (Å²) in [6.07, 6.45) is 2.87. The molecule has 4 nitrogen and oxygen atoms in total. The van der Waals surface area contributed by atoms with Crippen molar-refractivity contribution in [3.63, 3.8) is 0 Å². The molecule has 0 bridgehead atoms. The molecule has 32 heavy (non-hydrogen) atoms. The first kappa shape index (κ1) is 23.7. The standard InChI is InChI=1S/C28H34O4/c1-5-15-32-26-13-11-21(2)17-25(26)24-10-6-8-23(18-24)20-31-16-7-9-22-12-14-27(29-3)28(19-22)30-4/h6,8,10-14,17-19H,5,7,9,15-16,20H2,1-4H3. The molecular weight excluding hydrogens is 400 g/mol. The molecular formula is C28H34O4. The van der Waals surface area contributed by atoms with Crippen molar-refractivity contribution in [1.29, 1.82) is 0 Å². The van der Waals surface area contributed by atoms with Gasteiger partial charge in [0.15, 0.2) is 11.5 Å². The Hall–Kier alpha value is -2.98. The number of aryl methyl sites for hydroxylation is 2. The molecule has 0 aliphatic heterocycles. The van der Waals surface area contributed by atoms with Gasteiger partial charge < -0.3 is 18.9 Å². The first-order valence-electron chi connectivity index (χ1n) is 11.3. The van der Waals surface area contributed by atoms with Crippen molar-refractivity contribution in [2.75, 3.05) is 27.4 Å². The van der Waals surface area contributed by atoms with Crippen molar-refractivity contribution in [2.24, 2.45) is 0 Å². The fourth-order valence-electron chi connectivity index (χ4n) is 3.64. The Kier molecular flexibility index (Phi) is 9.00. The monoisotopic (exact) mass is 434 g/mol. The lowest BCUT2D eigenvalue weighted by Gasteiger charge is -2.13. The molecule has 0 aliphatic carbocycles. The SMILES string of the molecule is CCCOc1ccc(C)cc1-c1cccc(COCCCc2ccc(OC)c(OC)c2)c1. The Labute approximate surface area is 192 Å². The van der Waals surface area contributed by atoms with Crippen molar-refractivity contribution >= 4 is 0 Å². The van der Waals surface area contributed by atoms with Crippen molar-refractivity contribution in [1.82, 2.24) is 0 Å². The molecule has 0 aromatic heterocycles. The number of ether oxygens (including phenoxy) is 4. The van der Waals surface area contributed by atoms with Crippen LogP contribution in [0, 0.1) is 6.92 Å². The van der Waals surface area contributed by atoms with Crippen LogP contribution in [0.25, 0.3) is 11.1 Å². The average Bonchev–Trinajstić information content (AvgIpc) is 2.83. The van der Waals surface area contributed by atoms with E-state index in [9.17, 15) is 0 Å². The van der Waals surface area contributed by atoms with Crippen molar-refractivity contribution in [3.8, 4) is 28.4 Å². The van der Waals surface area contributed by atoms with E-state index in [-0.39, 0.29) is 0 Å². The highest BCUT2D eigenvalue weighted by Crippen LogP contribution is 2.32. The normalized spacial score (nSPS) is 10.8. The van der Waals surface area contributed by atoms with Crippen LogP contribution in [0.3, 0.4) is 0 Å². The summed E-state index contributed by atoms with van der Waals surface area (Å²) >= 11 is 0. The lowest BCUT2D eigenvalue weighted by molar-refractivity contribution is 0.118. The average molecular weight is 435 g/mol. The van der Waals surface area contributed by atoms with Gasteiger partial charge in [0.1, 0.15) is 5.75 Å². The number of methoxy groups -OCH3 is 2. The van der Waals surface area contributed by atoms with Crippen LogP contribution in [0.1, 0.15) is 36.5 Å². The number of hydrogen-bond acceptors (Lipinski definition) is 4. The molecule has 0 amide bonds. The molecule has 0 N–H and O–H groups in total. The molecule has 3 rings (SSSR count). The molecule has 0 atom stereocenters. The van der Waals surface area contributed by atoms with Gasteiger partial charge in [-0.15, -0.1) is 0 Å². The Morgan fingerprint density at radius 1 is 0.750 bits per heavy atom. The molecule has 3 aromatic rings. The van der Waals surface area contributed by atoms with Gasteiger partial charge in [-0.3, -0.25) is 0 Å². The number of rotatable bonds is 12. The quantitative estimate of drug-likeness (QED) is 0.300. The van der Waals surface area contributed by atoms with E-state index < -0.39 is 0 Å². The van der Waals surface area contributed by atoms with Gasteiger partial charge >= 0.3 is 0 Å².